The van der Waals surface area contributed by atoms with Crippen molar-refractivity contribution in [2.75, 3.05) is 0 Å². The van der Waals surface area contributed by atoms with Gasteiger partial charge < -0.3 is 0 Å². The van der Waals surface area contributed by atoms with Crippen LogP contribution in [0.25, 0.3) is 0 Å². The van der Waals surface area contributed by atoms with Crippen LogP contribution >= 0.6 is 0 Å². The average molecular weight is 250 g/mol. The van der Waals surface area contributed by atoms with E-state index in [1.807, 2.05) is 11.0 Å². The number of piperidine rings is 1. The van der Waals surface area contributed by atoms with Crippen molar-refractivity contribution in [2.24, 2.45) is 5.92 Å². The molecule has 1 aliphatic heterocycles. The lowest BCUT2D eigenvalue weighted by atomic mass is 9.83. The summed E-state index contributed by atoms with van der Waals surface area (Å²) < 4.78 is 0. The van der Waals surface area contributed by atoms with Crippen LogP contribution in [0.4, 0.5) is 0 Å². The second-order valence-corrected chi connectivity index (χ2v) is 5.34. The molecular weight excluding hydrogens is 232 g/mol. The topological polar surface area (TPSA) is 27.0 Å². The molecule has 0 amide bonds. The number of fused-ring (bicyclic) bond motifs is 1. The fourth-order valence-electron chi connectivity index (χ4n) is 3.16. The van der Waals surface area contributed by atoms with Crippen LogP contribution in [-0.4, -0.2) is 10.9 Å². The first-order valence-electron chi connectivity index (χ1n) is 6.98. The molecule has 1 fully saturated rings. The summed E-state index contributed by atoms with van der Waals surface area (Å²) in [6, 6.07) is 10.8. The Bertz CT molecular complexity index is 536. The van der Waals surface area contributed by atoms with Crippen molar-refractivity contribution < 1.29 is 0 Å². The van der Waals surface area contributed by atoms with Crippen molar-refractivity contribution >= 4 is 0 Å². The molecule has 1 aromatic carbocycles. The quantitative estimate of drug-likeness (QED) is 0.749. The summed E-state index contributed by atoms with van der Waals surface area (Å²) in [5, 5.41) is 9.49. The van der Waals surface area contributed by atoms with E-state index in [4.69, 9.17) is 0 Å². The minimum absolute atomic E-state index is 0.321. The smallest absolute Gasteiger partial charge is 0.184 e. The zero-order chi connectivity index (χ0) is 13.1. The lowest BCUT2D eigenvalue weighted by Gasteiger charge is -2.39. The Kier molecular flexibility index (Phi) is 3.37. The van der Waals surface area contributed by atoms with Gasteiger partial charge in [0.05, 0.1) is 0 Å². The maximum atomic E-state index is 9.49. The number of rotatable bonds is 2. The van der Waals surface area contributed by atoms with E-state index in [0.29, 0.717) is 12.0 Å². The van der Waals surface area contributed by atoms with Gasteiger partial charge in [-0.3, -0.25) is 4.90 Å². The summed E-state index contributed by atoms with van der Waals surface area (Å²) in [5.74, 6) is 0.552. The fraction of sp³-hybridized carbons (Fsp3) is 0.353. The van der Waals surface area contributed by atoms with Gasteiger partial charge in [-0.2, -0.15) is 5.26 Å². The van der Waals surface area contributed by atoms with Gasteiger partial charge in [-0.05, 0) is 37.3 Å². The maximum Gasteiger partial charge on any atom is 0.184 e. The molecule has 96 valence electrons. The van der Waals surface area contributed by atoms with Crippen LogP contribution in [0.1, 0.15) is 24.8 Å². The molecule has 0 saturated carbocycles. The molecule has 0 N–H and O–H groups in total. The number of hydrogen-bond donors (Lipinski definition) is 0. The van der Waals surface area contributed by atoms with Crippen LogP contribution in [0.5, 0.6) is 0 Å². The van der Waals surface area contributed by atoms with E-state index in [1.165, 1.54) is 17.7 Å². The summed E-state index contributed by atoms with van der Waals surface area (Å²) in [6.45, 7) is 0. The van der Waals surface area contributed by atoms with Gasteiger partial charge in [-0.25, -0.2) is 0 Å². The SMILES string of the molecule is N#CN1C2=CC=CCC2CCC1Cc1ccccc1. The molecule has 0 radical (unpaired) electrons. The molecule has 1 heterocycles. The molecule has 1 aromatic rings. The van der Waals surface area contributed by atoms with Crippen molar-refractivity contribution in [1.29, 1.82) is 5.26 Å². The maximum absolute atomic E-state index is 9.49. The minimum atomic E-state index is 0.321. The molecule has 3 rings (SSSR count). The van der Waals surface area contributed by atoms with Crippen molar-refractivity contribution in [1.82, 2.24) is 4.90 Å². The second kappa shape index (κ2) is 5.32. The predicted molar refractivity (Wildman–Crippen MR) is 76.0 cm³/mol. The molecule has 0 aromatic heterocycles. The van der Waals surface area contributed by atoms with E-state index >= 15 is 0 Å². The Morgan fingerprint density at radius 2 is 2.05 bits per heavy atom. The highest BCUT2D eigenvalue weighted by molar-refractivity contribution is 5.26. The highest BCUT2D eigenvalue weighted by Crippen LogP contribution is 2.36. The van der Waals surface area contributed by atoms with Gasteiger partial charge in [0.15, 0.2) is 6.19 Å². The molecule has 2 heteroatoms. The first kappa shape index (κ1) is 12.0. The molecule has 2 aliphatic rings. The van der Waals surface area contributed by atoms with Gasteiger partial charge in [0.1, 0.15) is 0 Å². The molecule has 19 heavy (non-hydrogen) atoms. The molecule has 2 nitrogen and oxygen atoms in total. The number of likely N-dealkylation sites (tertiary alicyclic amines) is 1. The monoisotopic (exact) mass is 250 g/mol. The number of benzene rings is 1. The third-order valence-corrected chi connectivity index (χ3v) is 4.16. The standard InChI is InChI=1S/C17H18N2/c18-13-19-16(12-14-6-2-1-3-7-14)11-10-15-8-4-5-9-17(15)19/h1-7,9,15-16H,8,10-12H2. The third kappa shape index (κ3) is 2.42. The molecule has 0 bridgehead atoms. The van der Waals surface area contributed by atoms with Gasteiger partial charge in [0.2, 0.25) is 0 Å². The first-order valence-corrected chi connectivity index (χ1v) is 6.98. The normalized spacial score (nSPS) is 25.4. The fourth-order valence-corrected chi connectivity index (χ4v) is 3.16. The van der Waals surface area contributed by atoms with E-state index in [1.54, 1.807) is 0 Å². The molecule has 2 atom stereocenters. The molecule has 1 saturated heterocycles. The van der Waals surface area contributed by atoms with E-state index in [-0.39, 0.29) is 0 Å². The molecule has 2 unspecified atom stereocenters. The predicted octanol–water partition coefficient (Wildman–Crippen LogP) is 3.63. The highest BCUT2D eigenvalue weighted by Gasteiger charge is 2.32. The van der Waals surface area contributed by atoms with E-state index in [0.717, 1.165) is 19.3 Å². The zero-order valence-electron chi connectivity index (χ0n) is 11.0. The van der Waals surface area contributed by atoms with Crippen LogP contribution in [0.15, 0.2) is 54.3 Å². The highest BCUT2D eigenvalue weighted by atomic mass is 15.2. The largest absolute Gasteiger partial charge is 0.280 e. The van der Waals surface area contributed by atoms with Crippen molar-refractivity contribution in [3.8, 4) is 6.19 Å². The van der Waals surface area contributed by atoms with E-state index < -0.39 is 0 Å². The molecule has 1 aliphatic carbocycles. The summed E-state index contributed by atoms with van der Waals surface area (Å²) in [7, 11) is 0. The van der Waals surface area contributed by atoms with Gasteiger partial charge in [0.25, 0.3) is 0 Å². The van der Waals surface area contributed by atoms with E-state index in [9.17, 15) is 5.26 Å². The van der Waals surface area contributed by atoms with Crippen LogP contribution in [0.3, 0.4) is 0 Å². The number of allylic oxidation sites excluding steroid dienone is 4. The van der Waals surface area contributed by atoms with Crippen LogP contribution in [0, 0.1) is 17.4 Å². The summed E-state index contributed by atoms with van der Waals surface area (Å²) >= 11 is 0. The number of nitrogens with zero attached hydrogens (tertiary/aromatic N) is 2. The summed E-state index contributed by atoms with van der Waals surface area (Å²) in [5.41, 5.74) is 2.54. The summed E-state index contributed by atoms with van der Waals surface area (Å²) in [6.07, 6.45) is 13.2. The van der Waals surface area contributed by atoms with Gasteiger partial charge >= 0.3 is 0 Å². The number of nitriles is 1. The van der Waals surface area contributed by atoms with Crippen molar-refractivity contribution in [3.05, 3.63) is 59.8 Å². The Morgan fingerprint density at radius 3 is 2.84 bits per heavy atom. The zero-order valence-corrected chi connectivity index (χ0v) is 11.0. The minimum Gasteiger partial charge on any atom is -0.280 e. The van der Waals surface area contributed by atoms with Crippen molar-refractivity contribution in [2.45, 2.75) is 31.7 Å². The van der Waals surface area contributed by atoms with E-state index in [2.05, 4.69) is 48.7 Å². The second-order valence-electron chi connectivity index (χ2n) is 5.34. The van der Waals surface area contributed by atoms with Gasteiger partial charge in [-0.1, -0.05) is 42.5 Å². The molecular formula is C17H18N2. The Morgan fingerprint density at radius 1 is 1.21 bits per heavy atom. The molecule has 0 spiro atoms. The third-order valence-electron chi connectivity index (χ3n) is 4.16. The van der Waals surface area contributed by atoms with Crippen molar-refractivity contribution in [3.63, 3.8) is 0 Å². The average Bonchev–Trinajstić information content (AvgIpc) is 2.48. The number of hydrogen-bond acceptors (Lipinski definition) is 2. The Labute approximate surface area is 114 Å². The Balaban J connectivity index is 1.81. The lowest BCUT2D eigenvalue weighted by Crippen LogP contribution is -2.40. The van der Waals surface area contributed by atoms with Crippen LogP contribution in [-0.2, 0) is 6.42 Å². The van der Waals surface area contributed by atoms with Gasteiger partial charge in [-0.15, -0.1) is 0 Å². The van der Waals surface area contributed by atoms with Crippen LogP contribution < -0.4 is 0 Å². The Hall–Kier alpha value is -2.01. The van der Waals surface area contributed by atoms with Gasteiger partial charge in [0, 0.05) is 17.7 Å². The lowest BCUT2D eigenvalue weighted by molar-refractivity contribution is 0.227. The van der Waals surface area contributed by atoms with Crippen LogP contribution in [0.2, 0.25) is 0 Å². The summed E-state index contributed by atoms with van der Waals surface area (Å²) in [4.78, 5) is 1.95. The first-order chi connectivity index (χ1) is 9.38.